The van der Waals surface area contributed by atoms with Crippen molar-refractivity contribution in [2.45, 2.75) is 33.6 Å². The van der Waals surface area contributed by atoms with Crippen LogP contribution in [0.15, 0.2) is 36.1 Å². The topological polar surface area (TPSA) is 12.0 Å². The van der Waals surface area contributed by atoms with Gasteiger partial charge in [0.2, 0.25) is 0 Å². The van der Waals surface area contributed by atoms with Crippen molar-refractivity contribution in [3.63, 3.8) is 0 Å². The molecule has 1 rings (SSSR count). The molecule has 0 bridgehead atoms. The van der Waals surface area contributed by atoms with Crippen LogP contribution in [0.1, 0.15) is 33.6 Å². The zero-order valence-electron chi connectivity index (χ0n) is 9.06. The van der Waals surface area contributed by atoms with Gasteiger partial charge in [0.05, 0.1) is 0 Å². The summed E-state index contributed by atoms with van der Waals surface area (Å²) in [5, 5.41) is 3.23. The van der Waals surface area contributed by atoms with Crippen LogP contribution in [-0.2, 0) is 0 Å². The van der Waals surface area contributed by atoms with Crippen molar-refractivity contribution in [2.24, 2.45) is 0 Å². The summed E-state index contributed by atoms with van der Waals surface area (Å²) in [6.45, 7) is 11.0. The van der Waals surface area contributed by atoms with Crippen LogP contribution in [0.2, 0.25) is 0 Å². The monoisotopic (exact) mass is 179 g/mol. The maximum atomic E-state index is 3.87. The first-order chi connectivity index (χ1) is 6.29. The minimum atomic E-state index is 1.01. The number of allylic oxidation sites excluding steroid dienone is 4. The predicted octanol–water partition coefficient (Wildman–Crippen LogP) is 3.41. The second-order valence-electron chi connectivity index (χ2n) is 2.88. The van der Waals surface area contributed by atoms with E-state index in [2.05, 4.69) is 31.0 Å². The van der Waals surface area contributed by atoms with Crippen molar-refractivity contribution < 1.29 is 0 Å². The maximum Gasteiger partial charge on any atom is 0.0267 e. The third kappa shape index (κ3) is 6.21. The molecule has 0 unspecified atom stereocenters. The fourth-order valence-electron chi connectivity index (χ4n) is 1.04. The molecular weight excluding hydrogens is 158 g/mol. The van der Waals surface area contributed by atoms with Crippen molar-refractivity contribution in [1.29, 1.82) is 0 Å². The van der Waals surface area contributed by atoms with Crippen molar-refractivity contribution in [3.8, 4) is 0 Å². The minimum absolute atomic E-state index is 1.01. The van der Waals surface area contributed by atoms with Crippen LogP contribution < -0.4 is 5.32 Å². The lowest BCUT2D eigenvalue weighted by Gasteiger charge is -2.01. The Balaban J connectivity index is 0.000000671. The van der Waals surface area contributed by atoms with E-state index in [4.69, 9.17) is 0 Å². The number of hydrogen-bond donors (Lipinski definition) is 1. The highest BCUT2D eigenvalue weighted by atomic mass is 14.9. The molecule has 0 atom stereocenters. The molecule has 0 aromatic rings. The highest BCUT2D eigenvalue weighted by molar-refractivity contribution is 5.24. The molecule has 0 saturated heterocycles. The second-order valence-corrected chi connectivity index (χ2v) is 2.88. The number of hydrogen-bond acceptors (Lipinski definition) is 1. The van der Waals surface area contributed by atoms with Crippen LogP contribution in [0.25, 0.3) is 0 Å². The van der Waals surface area contributed by atoms with Crippen molar-refractivity contribution >= 4 is 0 Å². The van der Waals surface area contributed by atoms with Gasteiger partial charge in [-0.1, -0.05) is 38.2 Å². The lowest BCUT2D eigenvalue weighted by molar-refractivity contribution is 0.749. The first-order valence-electron chi connectivity index (χ1n) is 5.06. The molecular formula is C12H21N. The van der Waals surface area contributed by atoms with Crippen molar-refractivity contribution in [1.82, 2.24) is 5.32 Å². The van der Waals surface area contributed by atoms with E-state index in [0.717, 1.165) is 18.7 Å². The molecule has 0 spiro atoms. The highest BCUT2D eigenvalue weighted by Crippen LogP contribution is 2.04. The summed E-state index contributed by atoms with van der Waals surface area (Å²) in [5.41, 5.74) is 2.34. The van der Waals surface area contributed by atoms with Gasteiger partial charge in [-0.05, 0) is 25.8 Å². The zero-order chi connectivity index (χ0) is 10.1. The molecule has 0 amide bonds. The third-order valence-electron chi connectivity index (χ3n) is 1.75. The fourth-order valence-corrected chi connectivity index (χ4v) is 1.04. The Morgan fingerprint density at radius 3 is 2.69 bits per heavy atom. The van der Waals surface area contributed by atoms with Crippen LogP contribution in [-0.4, -0.2) is 6.54 Å². The van der Waals surface area contributed by atoms with Gasteiger partial charge in [0.1, 0.15) is 0 Å². The van der Waals surface area contributed by atoms with Crippen LogP contribution in [0.5, 0.6) is 0 Å². The van der Waals surface area contributed by atoms with Gasteiger partial charge in [0.25, 0.3) is 0 Å². The van der Waals surface area contributed by atoms with E-state index < -0.39 is 0 Å². The summed E-state index contributed by atoms with van der Waals surface area (Å²) >= 11 is 0. The minimum Gasteiger partial charge on any atom is -0.386 e. The molecule has 13 heavy (non-hydrogen) atoms. The predicted molar refractivity (Wildman–Crippen MR) is 60.6 cm³/mol. The Labute approximate surface area is 82.2 Å². The van der Waals surface area contributed by atoms with Gasteiger partial charge in [-0.2, -0.15) is 0 Å². The third-order valence-corrected chi connectivity index (χ3v) is 1.75. The SMILES string of the molecule is C=C1/C=C\C(C)=C/CCCN1.CC. The molecule has 1 heterocycles. The van der Waals surface area contributed by atoms with E-state index in [9.17, 15) is 0 Å². The summed E-state index contributed by atoms with van der Waals surface area (Å²) < 4.78 is 0. The van der Waals surface area contributed by atoms with E-state index in [0.29, 0.717) is 0 Å². The summed E-state index contributed by atoms with van der Waals surface area (Å²) in [5.74, 6) is 0. The van der Waals surface area contributed by atoms with Crippen LogP contribution in [0.4, 0.5) is 0 Å². The molecule has 74 valence electrons. The van der Waals surface area contributed by atoms with Gasteiger partial charge in [-0.3, -0.25) is 0 Å². The Kier molecular flexibility index (Phi) is 7.08. The van der Waals surface area contributed by atoms with Gasteiger partial charge in [-0.15, -0.1) is 0 Å². The smallest absolute Gasteiger partial charge is 0.0267 e. The van der Waals surface area contributed by atoms with Gasteiger partial charge in [0.15, 0.2) is 0 Å². The highest BCUT2D eigenvalue weighted by Gasteiger charge is 1.91. The fraction of sp³-hybridized carbons (Fsp3) is 0.500. The molecule has 0 radical (unpaired) electrons. The van der Waals surface area contributed by atoms with Crippen LogP contribution >= 0.6 is 0 Å². The van der Waals surface area contributed by atoms with Crippen molar-refractivity contribution in [2.75, 3.05) is 6.54 Å². The maximum absolute atomic E-state index is 3.87. The van der Waals surface area contributed by atoms with E-state index in [1.807, 2.05) is 19.9 Å². The zero-order valence-corrected chi connectivity index (χ0v) is 9.06. The first-order valence-corrected chi connectivity index (χ1v) is 5.06. The van der Waals surface area contributed by atoms with E-state index in [1.54, 1.807) is 0 Å². The normalized spacial score (nSPS) is 23.3. The number of nitrogens with one attached hydrogen (secondary N) is 1. The average molecular weight is 179 g/mol. The summed E-state index contributed by atoms with van der Waals surface area (Å²) in [6.07, 6.45) is 8.74. The lowest BCUT2D eigenvalue weighted by Crippen LogP contribution is -2.11. The molecule has 1 heteroatoms. The molecule has 0 fully saturated rings. The van der Waals surface area contributed by atoms with E-state index in [-0.39, 0.29) is 0 Å². The van der Waals surface area contributed by atoms with Gasteiger partial charge >= 0.3 is 0 Å². The molecule has 1 aliphatic heterocycles. The van der Waals surface area contributed by atoms with Crippen LogP contribution in [0.3, 0.4) is 0 Å². The largest absolute Gasteiger partial charge is 0.386 e. The molecule has 0 aromatic carbocycles. The standard InChI is InChI=1S/C10H15N.C2H6/c1-9-5-3-4-8-11-10(2)7-6-9;1-2/h5-7,11H,2-4,8H2,1H3;1-2H3/b7-6-,9-5-;. The Morgan fingerprint density at radius 2 is 2.00 bits per heavy atom. The average Bonchev–Trinajstić information content (AvgIpc) is 2.24. The first kappa shape index (κ1) is 12.0. The Hall–Kier alpha value is -0.980. The van der Waals surface area contributed by atoms with Gasteiger partial charge in [0, 0.05) is 12.2 Å². The van der Waals surface area contributed by atoms with Crippen LogP contribution in [0, 0.1) is 0 Å². The Morgan fingerprint density at radius 1 is 1.31 bits per heavy atom. The summed E-state index contributed by atoms with van der Waals surface area (Å²) in [4.78, 5) is 0. The second kappa shape index (κ2) is 7.66. The van der Waals surface area contributed by atoms with Gasteiger partial charge < -0.3 is 5.32 Å². The lowest BCUT2D eigenvalue weighted by atomic mass is 10.2. The summed E-state index contributed by atoms with van der Waals surface area (Å²) in [6, 6.07) is 0. The molecule has 0 aromatic heterocycles. The van der Waals surface area contributed by atoms with Gasteiger partial charge in [-0.25, -0.2) is 0 Å². The van der Waals surface area contributed by atoms with Crippen molar-refractivity contribution in [3.05, 3.63) is 36.1 Å². The quantitative estimate of drug-likeness (QED) is 0.601. The molecule has 0 aliphatic carbocycles. The molecule has 1 nitrogen and oxygen atoms in total. The summed E-state index contributed by atoms with van der Waals surface area (Å²) in [7, 11) is 0. The molecule has 1 aliphatic rings. The van der Waals surface area contributed by atoms with E-state index >= 15 is 0 Å². The molecule has 0 saturated carbocycles. The number of rotatable bonds is 0. The molecule has 1 N–H and O–H groups in total. The van der Waals surface area contributed by atoms with E-state index in [1.165, 1.54) is 12.0 Å². The Bertz CT molecular complexity index is 199.